The molecule has 0 radical (unpaired) electrons. The van der Waals surface area contributed by atoms with Crippen molar-refractivity contribution in [2.75, 3.05) is 19.6 Å². The molecular weight excluding hydrogens is 513 g/mol. The van der Waals surface area contributed by atoms with Crippen LogP contribution in [0.4, 0.5) is 4.39 Å². The summed E-state index contributed by atoms with van der Waals surface area (Å²) < 4.78 is 15.2. The molecule has 9 heteroatoms. The fourth-order valence-electron chi connectivity index (χ4n) is 6.05. The second-order valence-electron chi connectivity index (χ2n) is 11.0. The zero-order valence-corrected chi connectivity index (χ0v) is 22.8. The highest BCUT2D eigenvalue weighted by atomic mass is 19.1. The van der Waals surface area contributed by atoms with Crippen LogP contribution in [0, 0.1) is 11.7 Å². The Kier molecular flexibility index (Phi) is 10.4. The molecule has 2 aliphatic rings. The van der Waals surface area contributed by atoms with Gasteiger partial charge < -0.3 is 19.9 Å². The normalized spacial score (nSPS) is 19.8. The second-order valence-corrected chi connectivity index (χ2v) is 11.0. The number of hydrogen-bond acceptors (Lipinski definition) is 5. The average Bonchev–Trinajstić information content (AvgIpc) is 3.21. The summed E-state index contributed by atoms with van der Waals surface area (Å²) in [6.07, 6.45) is 12.2. The van der Waals surface area contributed by atoms with Gasteiger partial charge in [-0.05, 0) is 48.9 Å². The molecule has 1 saturated heterocycles. The number of hydrogen-bond donors (Lipinski definition) is 2. The van der Waals surface area contributed by atoms with E-state index in [0.29, 0.717) is 6.42 Å². The number of likely N-dealkylation sites (tertiary alicyclic amines) is 1. The minimum atomic E-state index is -2.07. The highest BCUT2D eigenvalue weighted by Gasteiger charge is 2.25. The minimum absolute atomic E-state index is 0.0223. The summed E-state index contributed by atoms with van der Waals surface area (Å²) in [5, 5.41) is 22.9. The van der Waals surface area contributed by atoms with Gasteiger partial charge >= 0.3 is 5.97 Å². The van der Waals surface area contributed by atoms with Crippen LogP contribution in [0.25, 0.3) is 10.8 Å². The molecular formula is C31H38FN3O5. The molecule has 2 heterocycles. The van der Waals surface area contributed by atoms with Crippen molar-refractivity contribution in [2.24, 2.45) is 5.92 Å². The van der Waals surface area contributed by atoms with Crippen molar-refractivity contribution in [1.82, 2.24) is 9.78 Å². The van der Waals surface area contributed by atoms with E-state index in [1.807, 2.05) is 24.3 Å². The zero-order chi connectivity index (χ0) is 28.5. The molecule has 0 bridgehead atoms. The first-order valence-electron chi connectivity index (χ1n) is 14.3. The van der Waals surface area contributed by atoms with E-state index in [1.165, 1.54) is 63.7 Å². The molecule has 5 rings (SSSR count). The van der Waals surface area contributed by atoms with Crippen molar-refractivity contribution in [2.45, 2.75) is 70.3 Å². The van der Waals surface area contributed by atoms with Gasteiger partial charge in [-0.2, -0.15) is 5.10 Å². The standard InChI is InChI=1S/C29H36FN3O.C2H2O4/c30-24-14-12-23(13-15-24)21-28-26-10-4-5-11-27(26)29(34)33(31-28)25-9-6-18-32(20-17-25)19-16-22-7-2-1-3-8-22;3-1(4)2(5)6/h4-5,10-15,22,25H,1-3,6-9,16-21H2;(H,3,4)(H,5,6). The van der Waals surface area contributed by atoms with E-state index < -0.39 is 11.9 Å². The summed E-state index contributed by atoms with van der Waals surface area (Å²) >= 11 is 0. The van der Waals surface area contributed by atoms with E-state index in [9.17, 15) is 9.18 Å². The van der Waals surface area contributed by atoms with E-state index in [0.717, 1.165) is 53.8 Å². The maximum atomic E-state index is 13.4. The molecule has 1 saturated carbocycles. The Morgan fingerprint density at radius 2 is 1.62 bits per heavy atom. The highest BCUT2D eigenvalue weighted by Crippen LogP contribution is 2.26. The first-order valence-corrected chi connectivity index (χ1v) is 14.3. The maximum absolute atomic E-state index is 13.4. The first kappa shape index (κ1) is 29.4. The Morgan fingerprint density at radius 1 is 0.950 bits per heavy atom. The predicted octanol–water partition coefficient (Wildman–Crippen LogP) is 2.53. The molecule has 1 aliphatic carbocycles. The molecule has 2 aromatic carbocycles. The Hall–Kier alpha value is -3.59. The lowest BCUT2D eigenvalue weighted by atomic mass is 9.87. The SMILES string of the molecule is O=C([O-])C(=O)O.O=c1c2ccccc2c(Cc2ccc(F)cc2)nn1C1CCC[NH+](CCC2CCCCC2)CC1. The molecule has 2 atom stereocenters. The van der Waals surface area contributed by atoms with E-state index in [4.69, 9.17) is 24.9 Å². The number of fused-ring (bicyclic) bond motifs is 1. The van der Waals surface area contributed by atoms with E-state index in [1.54, 1.807) is 21.7 Å². The number of rotatable bonds is 6. The first-order chi connectivity index (χ1) is 19.3. The smallest absolute Gasteiger partial charge is 0.351 e. The Morgan fingerprint density at radius 3 is 2.30 bits per heavy atom. The van der Waals surface area contributed by atoms with Crippen LogP contribution < -0.4 is 15.6 Å². The van der Waals surface area contributed by atoms with Crippen molar-refractivity contribution in [1.29, 1.82) is 0 Å². The van der Waals surface area contributed by atoms with Gasteiger partial charge in [0.15, 0.2) is 5.97 Å². The quantitative estimate of drug-likeness (QED) is 0.455. The Balaban J connectivity index is 0.000000557. The van der Waals surface area contributed by atoms with Crippen LogP contribution in [-0.2, 0) is 16.0 Å². The fraction of sp³-hybridized carbons (Fsp3) is 0.484. The third kappa shape index (κ3) is 7.97. The molecule has 0 amide bonds. The summed E-state index contributed by atoms with van der Waals surface area (Å²) in [5.41, 5.74) is 1.92. The third-order valence-electron chi connectivity index (χ3n) is 8.24. The number of benzene rings is 2. The van der Waals surface area contributed by atoms with Crippen LogP contribution in [0.5, 0.6) is 0 Å². The van der Waals surface area contributed by atoms with Crippen LogP contribution in [0.15, 0.2) is 53.3 Å². The van der Waals surface area contributed by atoms with Crippen LogP contribution in [0.3, 0.4) is 0 Å². The van der Waals surface area contributed by atoms with Crippen LogP contribution in [0.2, 0.25) is 0 Å². The number of quaternary nitrogens is 1. The molecule has 1 aromatic heterocycles. The Labute approximate surface area is 233 Å². The van der Waals surface area contributed by atoms with Crippen molar-refractivity contribution in [3.05, 3.63) is 76.0 Å². The number of nitrogens with zero attached hydrogens (tertiary/aromatic N) is 2. The summed E-state index contributed by atoms with van der Waals surface area (Å²) in [7, 11) is 0. The lowest BCUT2D eigenvalue weighted by molar-refractivity contribution is -0.900. The highest BCUT2D eigenvalue weighted by molar-refractivity contribution is 6.26. The number of carbonyl (C=O) groups is 2. The third-order valence-corrected chi connectivity index (χ3v) is 8.24. The number of carboxylic acid groups (broad SMARTS) is 2. The molecule has 0 spiro atoms. The maximum Gasteiger partial charge on any atom is 0.351 e. The largest absolute Gasteiger partial charge is 0.539 e. The summed E-state index contributed by atoms with van der Waals surface area (Å²) in [6.45, 7) is 3.59. The average molecular weight is 552 g/mol. The molecule has 214 valence electrons. The van der Waals surface area contributed by atoms with Gasteiger partial charge in [0.1, 0.15) is 5.82 Å². The van der Waals surface area contributed by atoms with Gasteiger partial charge in [0.05, 0.1) is 36.8 Å². The van der Waals surface area contributed by atoms with Crippen LogP contribution >= 0.6 is 0 Å². The van der Waals surface area contributed by atoms with Crippen molar-refractivity contribution in [3.8, 4) is 0 Å². The number of nitrogens with one attached hydrogen (secondary N) is 1. The van der Waals surface area contributed by atoms with Gasteiger partial charge in [-0.1, -0.05) is 62.4 Å². The fourth-order valence-corrected chi connectivity index (χ4v) is 6.05. The van der Waals surface area contributed by atoms with Gasteiger partial charge in [0.25, 0.3) is 5.56 Å². The lowest BCUT2D eigenvalue weighted by Gasteiger charge is -2.24. The van der Waals surface area contributed by atoms with Crippen LogP contribution in [0.1, 0.15) is 75.1 Å². The summed E-state index contributed by atoms with van der Waals surface area (Å²) in [6, 6.07) is 14.5. The molecule has 40 heavy (non-hydrogen) atoms. The molecule has 2 fully saturated rings. The summed E-state index contributed by atoms with van der Waals surface area (Å²) in [5.74, 6) is -3.32. The van der Waals surface area contributed by atoms with Crippen molar-refractivity contribution < 1.29 is 29.1 Å². The van der Waals surface area contributed by atoms with E-state index in [2.05, 4.69) is 0 Å². The molecule has 2 N–H and O–H groups in total. The number of carboxylic acids is 2. The number of aliphatic carboxylic acids is 2. The molecule has 8 nitrogen and oxygen atoms in total. The van der Waals surface area contributed by atoms with Crippen molar-refractivity contribution >= 4 is 22.7 Å². The number of halogens is 1. The van der Waals surface area contributed by atoms with Crippen LogP contribution in [-0.4, -0.2) is 46.5 Å². The summed E-state index contributed by atoms with van der Waals surface area (Å²) in [4.78, 5) is 33.2. The Bertz CT molecular complexity index is 1340. The molecule has 1 aliphatic heterocycles. The van der Waals surface area contributed by atoms with Gasteiger partial charge in [0.2, 0.25) is 0 Å². The predicted molar refractivity (Wildman–Crippen MR) is 147 cm³/mol. The second kappa shape index (κ2) is 14.2. The topological polar surface area (TPSA) is 117 Å². The van der Waals surface area contributed by atoms with Gasteiger partial charge in [0, 0.05) is 18.2 Å². The molecule has 3 aromatic rings. The zero-order valence-electron chi connectivity index (χ0n) is 22.8. The minimum Gasteiger partial charge on any atom is -0.539 e. The lowest BCUT2D eigenvalue weighted by Crippen LogP contribution is -3.11. The van der Waals surface area contributed by atoms with E-state index in [-0.39, 0.29) is 17.4 Å². The van der Waals surface area contributed by atoms with Gasteiger partial charge in [-0.3, -0.25) is 4.79 Å². The van der Waals surface area contributed by atoms with E-state index >= 15 is 0 Å². The van der Waals surface area contributed by atoms with Gasteiger partial charge in [-0.25, -0.2) is 13.9 Å². The number of carbonyl (C=O) groups excluding carboxylic acids is 1. The number of aromatic nitrogens is 2. The molecule has 2 unspecified atom stereocenters. The monoisotopic (exact) mass is 551 g/mol. The van der Waals surface area contributed by atoms with Gasteiger partial charge in [-0.15, -0.1) is 0 Å². The van der Waals surface area contributed by atoms with Crippen molar-refractivity contribution in [3.63, 3.8) is 0 Å².